The van der Waals surface area contributed by atoms with E-state index in [1.807, 2.05) is 30.3 Å². The van der Waals surface area contributed by atoms with Gasteiger partial charge in [-0.2, -0.15) is 0 Å². The van der Waals surface area contributed by atoms with Crippen LogP contribution in [-0.2, 0) is 26.0 Å². The van der Waals surface area contributed by atoms with Crippen LogP contribution in [0.4, 0.5) is 11.4 Å². The zero-order valence-electron chi connectivity index (χ0n) is 19.3. The summed E-state index contributed by atoms with van der Waals surface area (Å²) in [4.78, 5) is 26.9. The van der Waals surface area contributed by atoms with Crippen molar-refractivity contribution in [3.8, 4) is 5.75 Å². The van der Waals surface area contributed by atoms with E-state index in [-0.39, 0.29) is 36.2 Å². The molecule has 1 heterocycles. The summed E-state index contributed by atoms with van der Waals surface area (Å²) in [7, 11) is -2.09. The lowest BCUT2D eigenvalue weighted by Gasteiger charge is -2.17. The molecule has 1 aliphatic heterocycles. The number of benzene rings is 3. The molecular weight excluding hydrogens is 466 g/mol. The zero-order valence-corrected chi connectivity index (χ0v) is 20.1. The van der Waals surface area contributed by atoms with Crippen molar-refractivity contribution in [1.29, 1.82) is 0 Å². The fourth-order valence-corrected chi connectivity index (χ4v) is 4.95. The molecule has 8 nitrogen and oxygen atoms in total. The molecule has 0 spiro atoms. The second-order valence-corrected chi connectivity index (χ2v) is 10.0. The van der Waals surface area contributed by atoms with Gasteiger partial charge in [0.05, 0.1) is 17.9 Å². The van der Waals surface area contributed by atoms with Gasteiger partial charge in [-0.25, -0.2) is 13.1 Å². The maximum atomic E-state index is 12.8. The minimum absolute atomic E-state index is 0.107. The van der Waals surface area contributed by atoms with E-state index in [0.717, 1.165) is 5.56 Å². The minimum Gasteiger partial charge on any atom is -0.497 e. The number of carbonyl (C=O) groups is 2. The molecule has 2 N–H and O–H groups in total. The van der Waals surface area contributed by atoms with Crippen LogP contribution in [0.5, 0.6) is 5.75 Å². The Hall–Kier alpha value is -3.69. The maximum absolute atomic E-state index is 12.8. The lowest BCUT2D eigenvalue weighted by atomic mass is 10.1. The number of anilines is 2. The van der Waals surface area contributed by atoms with Crippen LogP contribution in [-0.4, -0.2) is 40.4 Å². The van der Waals surface area contributed by atoms with Gasteiger partial charge in [0.2, 0.25) is 21.8 Å². The minimum atomic E-state index is -3.66. The number of nitrogens with zero attached hydrogens (tertiary/aromatic N) is 1. The van der Waals surface area contributed by atoms with Crippen molar-refractivity contribution in [1.82, 2.24) is 4.72 Å². The quantitative estimate of drug-likeness (QED) is 0.476. The van der Waals surface area contributed by atoms with Gasteiger partial charge in [-0.1, -0.05) is 30.3 Å². The predicted molar refractivity (Wildman–Crippen MR) is 134 cm³/mol. The van der Waals surface area contributed by atoms with Gasteiger partial charge >= 0.3 is 0 Å². The molecule has 2 amide bonds. The van der Waals surface area contributed by atoms with Crippen molar-refractivity contribution < 1.29 is 22.7 Å². The van der Waals surface area contributed by atoms with E-state index in [9.17, 15) is 18.0 Å². The van der Waals surface area contributed by atoms with Crippen LogP contribution in [0.15, 0.2) is 83.8 Å². The molecule has 9 heteroatoms. The molecule has 0 aromatic heterocycles. The molecule has 1 atom stereocenters. The number of rotatable bonds is 9. The molecule has 1 aliphatic rings. The van der Waals surface area contributed by atoms with Crippen LogP contribution in [0.1, 0.15) is 12.0 Å². The summed E-state index contributed by atoms with van der Waals surface area (Å²) in [5.74, 6) is -0.233. The van der Waals surface area contributed by atoms with Crippen LogP contribution in [0.2, 0.25) is 0 Å². The average Bonchev–Trinajstić information content (AvgIpc) is 3.27. The van der Waals surface area contributed by atoms with E-state index in [2.05, 4.69) is 10.0 Å². The Bertz CT molecular complexity index is 1280. The number of ether oxygens (including phenoxy) is 1. The van der Waals surface area contributed by atoms with Gasteiger partial charge in [0.1, 0.15) is 5.75 Å². The molecule has 0 radical (unpaired) electrons. The number of carbonyl (C=O) groups excluding carboxylic acids is 2. The summed E-state index contributed by atoms with van der Waals surface area (Å²) in [5, 5.41) is 2.78. The first-order chi connectivity index (χ1) is 16.9. The summed E-state index contributed by atoms with van der Waals surface area (Å²) in [6, 6.07) is 22.7. The number of sulfonamides is 1. The molecule has 3 aromatic carbocycles. The van der Waals surface area contributed by atoms with Crippen molar-refractivity contribution in [2.24, 2.45) is 5.92 Å². The Morgan fingerprint density at radius 3 is 2.34 bits per heavy atom. The zero-order chi connectivity index (χ0) is 24.8. The summed E-state index contributed by atoms with van der Waals surface area (Å²) >= 11 is 0. The normalized spacial score (nSPS) is 15.7. The summed E-state index contributed by atoms with van der Waals surface area (Å²) in [5.41, 5.74) is 2.22. The maximum Gasteiger partial charge on any atom is 0.240 e. The molecular formula is C26H27N3O5S. The molecule has 1 saturated heterocycles. The molecule has 3 aromatic rings. The largest absolute Gasteiger partial charge is 0.497 e. The van der Waals surface area contributed by atoms with Gasteiger partial charge in [0, 0.05) is 30.9 Å². The third kappa shape index (κ3) is 6.06. The predicted octanol–water partition coefficient (Wildman–Crippen LogP) is 3.21. The van der Waals surface area contributed by atoms with E-state index in [1.165, 1.54) is 12.1 Å². The van der Waals surface area contributed by atoms with Crippen molar-refractivity contribution in [3.05, 3.63) is 84.4 Å². The van der Waals surface area contributed by atoms with Crippen LogP contribution < -0.4 is 19.7 Å². The highest BCUT2D eigenvalue weighted by atomic mass is 32.2. The SMILES string of the molecule is COc1ccc(N2C[C@H](C(=O)Nc3ccc(S(=O)(=O)NCCc4ccccc4)cc3)CC2=O)cc1. The Balaban J connectivity index is 1.32. The Labute approximate surface area is 205 Å². The van der Waals surface area contributed by atoms with Crippen molar-refractivity contribution in [3.63, 3.8) is 0 Å². The lowest BCUT2D eigenvalue weighted by molar-refractivity contribution is -0.122. The second kappa shape index (κ2) is 10.7. The van der Waals surface area contributed by atoms with Gasteiger partial charge in [-0.15, -0.1) is 0 Å². The molecule has 0 aliphatic carbocycles. The van der Waals surface area contributed by atoms with E-state index < -0.39 is 15.9 Å². The highest BCUT2D eigenvalue weighted by Crippen LogP contribution is 2.27. The standard InChI is InChI=1S/C26H27N3O5S/c1-34-23-11-9-22(10-12-23)29-18-20(17-25(29)30)26(31)28-21-7-13-24(14-8-21)35(32,33)27-16-15-19-5-3-2-4-6-19/h2-14,20,27H,15-18H2,1H3,(H,28,31)/t20-/m1/s1. The first-order valence-corrected chi connectivity index (χ1v) is 12.7. The monoisotopic (exact) mass is 493 g/mol. The first-order valence-electron chi connectivity index (χ1n) is 11.2. The Morgan fingerprint density at radius 1 is 1.00 bits per heavy atom. The number of nitrogens with one attached hydrogen (secondary N) is 2. The molecule has 0 unspecified atom stereocenters. The molecule has 182 valence electrons. The average molecular weight is 494 g/mol. The summed E-state index contributed by atoms with van der Waals surface area (Å²) in [6.45, 7) is 0.556. The molecule has 0 saturated carbocycles. The van der Waals surface area contributed by atoms with Crippen LogP contribution in [0.3, 0.4) is 0 Å². The Morgan fingerprint density at radius 2 is 1.69 bits per heavy atom. The van der Waals surface area contributed by atoms with Gasteiger partial charge < -0.3 is 15.0 Å². The van der Waals surface area contributed by atoms with Gasteiger partial charge in [0.25, 0.3) is 0 Å². The van der Waals surface area contributed by atoms with E-state index >= 15 is 0 Å². The third-order valence-corrected chi connectivity index (χ3v) is 7.34. The first kappa shape index (κ1) is 24.4. The highest BCUT2D eigenvalue weighted by molar-refractivity contribution is 7.89. The van der Waals surface area contributed by atoms with E-state index in [0.29, 0.717) is 23.5 Å². The van der Waals surface area contributed by atoms with Crippen LogP contribution >= 0.6 is 0 Å². The fraction of sp³-hybridized carbons (Fsp3) is 0.231. The number of hydrogen-bond donors (Lipinski definition) is 2. The third-order valence-electron chi connectivity index (χ3n) is 5.86. The smallest absolute Gasteiger partial charge is 0.240 e. The fourth-order valence-electron chi connectivity index (χ4n) is 3.91. The number of amides is 2. The van der Waals surface area contributed by atoms with Crippen molar-refractivity contribution in [2.45, 2.75) is 17.7 Å². The lowest BCUT2D eigenvalue weighted by Crippen LogP contribution is -2.28. The molecule has 35 heavy (non-hydrogen) atoms. The summed E-state index contributed by atoms with van der Waals surface area (Å²) in [6.07, 6.45) is 0.692. The number of methoxy groups -OCH3 is 1. The van der Waals surface area contributed by atoms with Crippen LogP contribution in [0.25, 0.3) is 0 Å². The van der Waals surface area contributed by atoms with Crippen molar-refractivity contribution in [2.75, 3.05) is 30.4 Å². The van der Waals surface area contributed by atoms with E-state index in [4.69, 9.17) is 4.74 Å². The highest BCUT2D eigenvalue weighted by Gasteiger charge is 2.35. The molecule has 0 bridgehead atoms. The molecule has 1 fully saturated rings. The Kier molecular flexibility index (Phi) is 7.48. The second-order valence-electron chi connectivity index (χ2n) is 8.25. The van der Waals surface area contributed by atoms with Gasteiger partial charge in [-0.3, -0.25) is 9.59 Å². The van der Waals surface area contributed by atoms with Crippen LogP contribution in [0, 0.1) is 5.92 Å². The summed E-state index contributed by atoms with van der Waals surface area (Å²) < 4.78 is 32.9. The molecule has 4 rings (SSSR count). The van der Waals surface area contributed by atoms with Gasteiger partial charge in [-0.05, 0) is 60.5 Å². The number of hydrogen-bond acceptors (Lipinski definition) is 5. The van der Waals surface area contributed by atoms with E-state index in [1.54, 1.807) is 48.4 Å². The van der Waals surface area contributed by atoms with Gasteiger partial charge in [0.15, 0.2) is 0 Å². The topological polar surface area (TPSA) is 105 Å². The van der Waals surface area contributed by atoms with Crippen molar-refractivity contribution >= 4 is 33.2 Å².